The maximum absolute atomic E-state index is 5.59. The number of aromatic nitrogens is 1. The van der Waals surface area contributed by atoms with E-state index in [4.69, 9.17) is 18.0 Å². The average molecular weight is 336 g/mol. The smallest absolute Gasteiger partial charge is 0.104 e. The SMILES string of the molecule is Cc1ccc(CNc2ccc(C(N)=S)cc2Br)cn1. The van der Waals surface area contributed by atoms with Gasteiger partial charge in [0.05, 0.1) is 0 Å². The first-order chi connectivity index (χ1) is 9.06. The van der Waals surface area contributed by atoms with Crippen molar-refractivity contribution in [2.75, 3.05) is 5.32 Å². The number of thiocarbonyl (C=S) groups is 1. The molecule has 2 aromatic rings. The highest BCUT2D eigenvalue weighted by Gasteiger charge is 2.03. The van der Waals surface area contributed by atoms with Crippen LogP contribution in [0.15, 0.2) is 41.0 Å². The highest BCUT2D eigenvalue weighted by molar-refractivity contribution is 9.10. The molecule has 0 atom stereocenters. The fourth-order valence-corrected chi connectivity index (χ4v) is 2.26. The number of hydrogen-bond acceptors (Lipinski definition) is 3. The Morgan fingerprint density at radius 1 is 1.37 bits per heavy atom. The van der Waals surface area contributed by atoms with Gasteiger partial charge in [-0.15, -0.1) is 0 Å². The van der Waals surface area contributed by atoms with Gasteiger partial charge in [-0.1, -0.05) is 18.3 Å². The Morgan fingerprint density at radius 2 is 2.16 bits per heavy atom. The van der Waals surface area contributed by atoms with E-state index < -0.39 is 0 Å². The fourth-order valence-electron chi connectivity index (χ4n) is 1.61. The van der Waals surface area contributed by atoms with Crippen LogP contribution in [0, 0.1) is 6.92 Å². The van der Waals surface area contributed by atoms with Crippen LogP contribution < -0.4 is 11.1 Å². The number of hydrogen-bond donors (Lipinski definition) is 2. The van der Waals surface area contributed by atoms with Gasteiger partial charge in [-0.2, -0.15) is 0 Å². The first-order valence-electron chi connectivity index (χ1n) is 5.81. The summed E-state index contributed by atoms with van der Waals surface area (Å²) in [7, 11) is 0. The Balaban J connectivity index is 2.07. The van der Waals surface area contributed by atoms with E-state index in [0.717, 1.165) is 33.5 Å². The topological polar surface area (TPSA) is 50.9 Å². The predicted molar refractivity (Wildman–Crippen MR) is 86.3 cm³/mol. The van der Waals surface area contributed by atoms with Crippen molar-refractivity contribution in [3.8, 4) is 0 Å². The molecule has 0 aliphatic carbocycles. The molecule has 0 fully saturated rings. The second kappa shape index (κ2) is 6.12. The van der Waals surface area contributed by atoms with Crippen molar-refractivity contribution in [1.29, 1.82) is 0 Å². The van der Waals surface area contributed by atoms with Crippen molar-refractivity contribution in [3.05, 3.63) is 57.8 Å². The van der Waals surface area contributed by atoms with E-state index in [1.807, 2.05) is 37.4 Å². The van der Waals surface area contributed by atoms with Gasteiger partial charge in [0.2, 0.25) is 0 Å². The molecule has 0 saturated heterocycles. The summed E-state index contributed by atoms with van der Waals surface area (Å²) in [5.74, 6) is 0. The molecular weight excluding hydrogens is 322 g/mol. The zero-order valence-corrected chi connectivity index (χ0v) is 12.9. The van der Waals surface area contributed by atoms with Crippen molar-refractivity contribution in [2.45, 2.75) is 13.5 Å². The van der Waals surface area contributed by atoms with Crippen LogP contribution in [-0.2, 0) is 6.54 Å². The van der Waals surface area contributed by atoms with E-state index in [0.29, 0.717) is 4.99 Å². The summed E-state index contributed by atoms with van der Waals surface area (Å²) in [6, 6.07) is 9.84. The average Bonchev–Trinajstić information content (AvgIpc) is 2.39. The lowest BCUT2D eigenvalue weighted by Gasteiger charge is -2.10. The number of anilines is 1. The number of aryl methyl sites for hydroxylation is 1. The molecule has 19 heavy (non-hydrogen) atoms. The Hall–Kier alpha value is -1.46. The van der Waals surface area contributed by atoms with E-state index in [9.17, 15) is 0 Å². The molecule has 0 saturated carbocycles. The van der Waals surface area contributed by atoms with Gasteiger partial charge in [-0.25, -0.2) is 0 Å². The summed E-state index contributed by atoms with van der Waals surface area (Å²) in [6.07, 6.45) is 1.87. The molecule has 0 spiro atoms. The first kappa shape index (κ1) is 14.0. The van der Waals surface area contributed by atoms with Crippen molar-refractivity contribution in [2.24, 2.45) is 5.73 Å². The molecule has 1 aromatic carbocycles. The molecule has 3 nitrogen and oxygen atoms in total. The monoisotopic (exact) mass is 335 g/mol. The lowest BCUT2D eigenvalue weighted by molar-refractivity contribution is 1.08. The zero-order valence-electron chi connectivity index (χ0n) is 10.5. The number of halogens is 1. The third kappa shape index (κ3) is 3.75. The molecule has 0 unspecified atom stereocenters. The summed E-state index contributed by atoms with van der Waals surface area (Å²) in [5.41, 5.74) is 9.60. The Bertz CT molecular complexity index is 596. The molecule has 98 valence electrons. The molecule has 0 radical (unpaired) electrons. The van der Waals surface area contributed by atoms with E-state index >= 15 is 0 Å². The lowest BCUT2D eigenvalue weighted by atomic mass is 10.2. The Kier molecular flexibility index (Phi) is 4.50. The highest BCUT2D eigenvalue weighted by atomic mass is 79.9. The van der Waals surface area contributed by atoms with Crippen molar-refractivity contribution < 1.29 is 0 Å². The Morgan fingerprint density at radius 3 is 2.74 bits per heavy atom. The molecule has 1 heterocycles. The van der Waals surface area contributed by atoms with Gasteiger partial charge in [-0.05, 0) is 52.7 Å². The van der Waals surface area contributed by atoms with Crippen LogP contribution in [0.1, 0.15) is 16.8 Å². The van der Waals surface area contributed by atoms with Gasteiger partial charge in [0.1, 0.15) is 4.99 Å². The first-order valence-corrected chi connectivity index (χ1v) is 7.01. The summed E-state index contributed by atoms with van der Waals surface area (Å²) in [4.78, 5) is 4.66. The van der Waals surface area contributed by atoms with Gasteiger partial charge in [0.25, 0.3) is 0 Å². The summed E-state index contributed by atoms with van der Waals surface area (Å²) >= 11 is 8.45. The minimum atomic E-state index is 0.398. The van der Waals surface area contributed by atoms with E-state index in [1.165, 1.54) is 0 Å². The van der Waals surface area contributed by atoms with Gasteiger partial charge in [-0.3, -0.25) is 4.98 Å². The standard InChI is InChI=1S/C14H14BrN3S/c1-9-2-3-10(7-17-9)8-18-13-5-4-11(14(16)19)6-12(13)15/h2-7,18H,8H2,1H3,(H2,16,19). The molecule has 0 amide bonds. The van der Waals surface area contributed by atoms with Gasteiger partial charge in [0, 0.05) is 34.2 Å². The van der Waals surface area contributed by atoms with Crippen molar-refractivity contribution in [1.82, 2.24) is 4.98 Å². The molecule has 2 rings (SSSR count). The summed E-state index contributed by atoms with van der Waals surface area (Å²) in [5, 5.41) is 3.34. The minimum absolute atomic E-state index is 0.398. The molecule has 0 aliphatic heterocycles. The zero-order chi connectivity index (χ0) is 13.8. The largest absolute Gasteiger partial charge is 0.389 e. The third-order valence-corrected chi connectivity index (χ3v) is 3.60. The van der Waals surface area contributed by atoms with Gasteiger partial charge < -0.3 is 11.1 Å². The number of nitrogens with one attached hydrogen (secondary N) is 1. The molecule has 0 bridgehead atoms. The molecule has 5 heteroatoms. The van der Waals surface area contributed by atoms with Crippen LogP contribution in [0.25, 0.3) is 0 Å². The number of benzene rings is 1. The normalized spacial score (nSPS) is 10.2. The predicted octanol–water partition coefficient (Wildman–Crippen LogP) is 3.40. The molecule has 1 aromatic heterocycles. The third-order valence-electron chi connectivity index (χ3n) is 2.71. The second-order valence-corrected chi connectivity index (χ2v) is 5.51. The van der Waals surface area contributed by atoms with Crippen molar-refractivity contribution in [3.63, 3.8) is 0 Å². The highest BCUT2D eigenvalue weighted by Crippen LogP contribution is 2.24. The van der Waals surface area contributed by atoms with E-state index in [2.05, 4.69) is 32.3 Å². The minimum Gasteiger partial charge on any atom is -0.389 e. The number of nitrogens with two attached hydrogens (primary N) is 1. The lowest BCUT2D eigenvalue weighted by Crippen LogP contribution is -2.09. The fraction of sp³-hybridized carbons (Fsp3) is 0.143. The van der Waals surface area contributed by atoms with Crippen LogP contribution in [0.4, 0.5) is 5.69 Å². The molecular formula is C14H14BrN3S. The number of rotatable bonds is 4. The quantitative estimate of drug-likeness (QED) is 0.841. The van der Waals surface area contributed by atoms with E-state index in [1.54, 1.807) is 0 Å². The van der Waals surface area contributed by atoms with Crippen LogP contribution in [0.3, 0.4) is 0 Å². The van der Waals surface area contributed by atoms with Crippen LogP contribution >= 0.6 is 28.1 Å². The van der Waals surface area contributed by atoms with Crippen LogP contribution in [0.5, 0.6) is 0 Å². The maximum atomic E-state index is 5.59. The number of pyridine rings is 1. The molecule has 0 aliphatic rings. The van der Waals surface area contributed by atoms with Crippen molar-refractivity contribution >= 4 is 38.8 Å². The number of nitrogens with zero attached hydrogens (tertiary/aromatic N) is 1. The van der Waals surface area contributed by atoms with Crippen LogP contribution in [0.2, 0.25) is 0 Å². The van der Waals surface area contributed by atoms with Gasteiger partial charge >= 0.3 is 0 Å². The second-order valence-electron chi connectivity index (χ2n) is 4.22. The van der Waals surface area contributed by atoms with Crippen LogP contribution in [-0.4, -0.2) is 9.97 Å². The molecule has 3 N–H and O–H groups in total. The summed E-state index contributed by atoms with van der Waals surface area (Å²) in [6.45, 7) is 2.69. The van der Waals surface area contributed by atoms with Gasteiger partial charge in [0.15, 0.2) is 0 Å². The maximum Gasteiger partial charge on any atom is 0.104 e. The Labute approximate surface area is 126 Å². The van der Waals surface area contributed by atoms with E-state index in [-0.39, 0.29) is 0 Å². The summed E-state index contributed by atoms with van der Waals surface area (Å²) < 4.78 is 0.942.